The molecule has 0 saturated heterocycles. The van der Waals surface area contributed by atoms with Gasteiger partial charge in [0.05, 0.1) is 7.11 Å². The van der Waals surface area contributed by atoms with Crippen LogP contribution in [0.5, 0.6) is 5.75 Å². The van der Waals surface area contributed by atoms with Crippen LogP contribution in [-0.4, -0.2) is 23.5 Å². The molecule has 1 aliphatic heterocycles. The highest BCUT2D eigenvalue weighted by atomic mass is 16.5. The third kappa shape index (κ3) is 2.61. The van der Waals surface area contributed by atoms with E-state index in [-0.39, 0.29) is 0 Å². The molecule has 4 heteroatoms. The molecule has 2 N–H and O–H groups in total. The second kappa shape index (κ2) is 5.53. The molecule has 1 atom stereocenters. The summed E-state index contributed by atoms with van der Waals surface area (Å²) in [6.07, 6.45) is -0.698. The number of nitrogens with zero attached hydrogens (tertiary/aromatic N) is 1. The number of aliphatic hydroxyl groups is 1. The molecule has 20 heavy (non-hydrogen) atoms. The van der Waals surface area contributed by atoms with E-state index in [1.54, 1.807) is 7.11 Å². The number of ether oxygens (including phenoxy) is 1. The minimum atomic E-state index is -0.698. The predicted molar refractivity (Wildman–Crippen MR) is 78.3 cm³/mol. The molecule has 1 unspecified atom stereocenters. The van der Waals surface area contributed by atoms with Gasteiger partial charge in [0.15, 0.2) is 6.35 Å². The Bertz CT molecular complexity index is 558. The Morgan fingerprint density at radius 3 is 2.20 bits per heavy atom. The highest BCUT2D eigenvalue weighted by Gasteiger charge is 2.23. The summed E-state index contributed by atoms with van der Waals surface area (Å²) in [7, 11) is 1.64. The van der Waals surface area contributed by atoms with Gasteiger partial charge in [0.2, 0.25) is 0 Å². The number of anilines is 1. The minimum absolute atomic E-state index is 0.698. The van der Waals surface area contributed by atoms with Crippen LogP contribution in [0.1, 0.15) is 11.1 Å². The molecule has 2 aromatic carbocycles. The second-order valence-corrected chi connectivity index (χ2v) is 4.92. The van der Waals surface area contributed by atoms with Gasteiger partial charge in [0, 0.05) is 18.8 Å². The van der Waals surface area contributed by atoms with Gasteiger partial charge < -0.3 is 15.2 Å². The summed E-state index contributed by atoms with van der Waals surface area (Å²) in [6, 6.07) is 15.8. The van der Waals surface area contributed by atoms with E-state index in [2.05, 4.69) is 17.4 Å². The van der Waals surface area contributed by atoms with E-state index in [0.717, 1.165) is 24.5 Å². The first-order valence-corrected chi connectivity index (χ1v) is 6.66. The maximum Gasteiger partial charge on any atom is 0.184 e. The minimum Gasteiger partial charge on any atom is -0.497 e. The number of benzene rings is 2. The molecular weight excluding hydrogens is 252 g/mol. The van der Waals surface area contributed by atoms with Crippen LogP contribution in [0.15, 0.2) is 48.5 Å². The van der Waals surface area contributed by atoms with Gasteiger partial charge in [-0.1, -0.05) is 24.3 Å². The van der Waals surface area contributed by atoms with Gasteiger partial charge in [0.25, 0.3) is 0 Å². The van der Waals surface area contributed by atoms with Gasteiger partial charge in [0.1, 0.15) is 5.75 Å². The fourth-order valence-corrected chi connectivity index (χ4v) is 2.46. The molecule has 1 heterocycles. The molecule has 0 saturated carbocycles. The number of rotatable bonds is 4. The predicted octanol–water partition coefficient (Wildman–Crippen LogP) is 2.40. The Balaban J connectivity index is 1.64. The van der Waals surface area contributed by atoms with Crippen LogP contribution in [0, 0.1) is 0 Å². The smallest absolute Gasteiger partial charge is 0.184 e. The molecule has 0 amide bonds. The summed E-state index contributed by atoms with van der Waals surface area (Å²) in [6.45, 7) is 1.53. The van der Waals surface area contributed by atoms with Crippen molar-refractivity contribution in [3.05, 3.63) is 59.7 Å². The number of aliphatic hydroxyl groups excluding tert-OH is 1. The third-order valence-corrected chi connectivity index (χ3v) is 3.60. The molecule has 104 valence electrons. The van der Waals surface area contributed by atoms with Crippen molar-refractivity contribution in [1.82, 2.24) is 4.90 Å². The molecule has 0 radical (unpaired) electrons. The molecule has 0 aromatic heterocycles. The highest BCUT2D eigenvalue weighted by Crippen LogP contribution is 2.24. The fourth-order valence-electron chi connectivity index (χ4n) is 2.46. The summed E-state index contributed by atoms with van der Waals surface area (Å²) in [5, 5.41) is 13.4. The van der Waals surface area contributed by atoms with Crippen molar-refractivity contribution in [1.29, 1.82) is 0 Å². The lowest BCUT2D eigenvalue weighted by Crippen LogP contribution is -2.36. The lowest BCUT2D eigenvalue weighted by Gasteiger charge is -2.24. The van der Waals surface area contributed by atoms with Crippen LogP contribution in [0.2, 0.25) is 0 Å². The second-order valence-electron chi connectivity index (χ2n) is 4.92. The summed E-state index contributed by atoms with van der Waals surface area (Å²) in [5.74, 6) is 0.804. The zero-order chi connectivity index (χ0) is 13.9. The zero-order valence-corrected chi connectivity index (χ0v) is 11.4. The normalized spacial score (nSPS) is 15.7. The maximum absolute atomic E-state index is 10.3. The Labute approximate surface area is 118 Å². The standard InChI is InChI=1S/C16H18N2O2/c1-20-15-8-6-14(7-9-15)17-16(19)18-10-12-4-2-3-5-13(12)11-18/h2-9,16-17,19H,10-11H2,1H3. The molecular formula is C16H18N2O2. The molecule has 4 nitrogen and oxygen atoms in total. The average Bonchev–Trinajstić information content (AvgIpc) is 2.92. The highest BCUT2D eigenvalue weighted by molar-refractivity contribution is 5.46. The SMILES string of the molecule is COc1ccc(NC(O)N2Cc3ccccc3C2)cc1. The van der Waals surface area contributed by atoms with Gasteiger partial charge in [-0.2, -0.15) is 0 Å². The largest absolute Gasteiger partial charge is 0.497 e. The Morgan fingerprint density at radius 2 is 1.65 bits per heavy atom. The lowest BCUT2D eigenvalue weighted by molar-refractivity contribution is 0.0231. The van der Waals surface area contributed by atoms with Crippen molar-refractivity contribution in [3.63, 3.8) is 0 Å². The number of fused-ring (bicyclic) bond motifs is 1. The monoisotopic (exact) mass is 270 g/mol. The van der Waals surface area contributed by atoms with E-state index in [1.165, 1.54) is 11.1 Å². The first-order chi connectivity index (χ1) is 9.76. The number of hydrogen-bond donors (Lipinski definition) is 2. The molecule has 0 bridgehead atoms. The van der Waals surface area contributed by atoms with Gasteiger partial charge in [-0.25, -0.2) is 0 Å². The quantitative estimate of drug-likeness (QED) is 0.837. The topological polar surface area (TPSA) is 44.7 Å². The van der Waals surface area contributed by atoms with Crippen LogP contribution in [0.3, 0.4) is 0 Å². The average molecular weight is 270 g/mol. The van der Waals surface area contributed by atoms with Gasteiger partial charge in [-0.15, -0.1) is 0 Å². The van der Waals surface area contributed by atoms with Gasteiger partial charge >= 0.3 is 0 Å². The van der Waals surface area contributed by atoms with Crippen molar-refractivity contribution in [3.8, 4) is 5.75 Å². The third-order valence-electron chi connectivity index (χ3n) is 3.60. The van der Waals surface area contributed by atoms with E-state index in [9.17, 15) is 5.11 Å². The van der Waals surface area contributed by atoms with Crippen LogP contribution >= 0.6 is 0 Å². The first-order valence-electron chi connectivity index (χ1n) is 6.66. The van der Waals surface area contributed by atoms with Gasteiger partial charge in [-0.05, 0) is 35.4 Å². The van der Waals surface area contributed by atoms with E-state index in [0.29, 0.717) is 0 Å². The number of nitrogens with one attached hydrogen (secondary N) is 1. The summed E-state index contributed by atoms with van der Waals surface area (Å²) in [5.41, 5.74) is 3.43. The Kier molecular flexibility index (Phi) is 3.58. The van der Waals surface area contributed by atoms with Crippen LogP contribution < -0.4 is 10.1 Å². The molecule has 1 aliphatic rings. The molecule has 2 aromatic rings. The number of hydrogen-bond acceptors (Lipinski definition) is 4. The number of methoxy groups -OCH3 is 1. The maximum atomic E-state index is 10.3. The molecule has 0 aliphatic carbocycles. The summed E-state index contributed by atoms with van der Waals surface area (Å²) in [4.78, 5) is 1.99. The first kappa shape index (κ1) is 13.0. The van der Waals surface area contributed by atoms with Gasteiger partial charge in [-0.3, -0.25) is 4.90 Å². The van der Waals surface area contributed by atoms with E-state index < -0.39 is 6.35 Å². The van der Waals surface area contributed by atoms with E-state index >= 15 is 0 Å². The molecule has 0 fully saturated rings. The Hall–Kier alpha value is -2.04. The van der Waals surface area contributed by atoms with E-state index in [1.807, 2.05) is 41.3 Å². The van der Waals surface area contributed by atoms with Crippen LogP contribution in [-0.2, 0) is 13.1 Å². The van der Waals surface area contributed by atoms with Crippen molar-refractivity contribution in [2.24, 2.45) is 0 Å². The van der Waals surface area contributed by atoms with Crippen LogP contribution in [0.4, 0.5) is 5.69 Å². The summed E-state index contributed by atoms with van der Waals surface area (Å²) < 4.78 is 5.12. The van der Waals surface area contributed by atoms with Crippen molar-refractivity contribution >= 4 is 5.69 Å². The summed E-state index contributed by atoms with van der Waals surface area (Å²) >= 11 is 0. The molecule has 3 rings (SSSR count). The van der Waals surface area contributed by atoms with Crippen molar-refractivity contribution < 1.29 is 9.84 Å². The molecule has 0 spiro atoms. The zero-order valence-electron chi connectivity index (χ0n) is 11.4. The fraction of sp³-hybridized carbons (Fsp3) is 0.250. The van der Waals surface area contributed by atoms with Crippen molar-refractivity contribution in [2.75, 3.05) is 12.4 Å². The van der Waals surface area contributed by atoms with Crippen LogP contribution in [0.25, 0.3) is 0 Å². The van der Waals surface area contributed by atoms with Crippen molar-refractivity contribution in [2.45, 2.75) is 19.4 Å². The Morgan fingerprint density at radius 1 is 1.05 bits per heavy atom. The van der Waals surface area contributed by atoms with E-state index in [4.69, 9.17) is 4.74 Å². The lowest BCUT2D eigenvalue weighted by atomic mass is 10.1.